The maximum Gasteiger partial charge on any atom is 0.223 e. The quantitative estimate of drug-likeness (QED) is 0.758. The minimum Gasteiger partial charge on any atom is -0.369 e. The highest BCUT2D eigenvalue weighted by molar-refractivity contribution is 5.78. The molecular weight excluding hydrogens is 176 g/mol. The van der Waals surface area contributed by atoms with Crippen LogP contribution in [0.4, 0.5) is 0 Å². The second kappa shape index (κ2) is 3.80. The molecule has 2 N–H and O–H groups in total. The Morgan fingerprint density at radius 2 is 2.00 bits per heavy atom. The van der Waals surface area contributed by atoms with E-state index in [-0.39, 0.29) is 11.8 Å². The van der Waals surface area contributed by atoms with E-state index in [1.807, 2.05) is 18.2 Å². The van der Waals surface area contributed by atoms with Crippen molar-refractivity contribution in [1.29, 1.82) is 0 Å². The number of amides is 1. The first kappa shape index (κ1) is 9.21. The predicted octanol–water partition coefficient (Wildman–Crippen LogP) is 0.604. The maximum absolute atomic E-state index is 10.8. The van der Waals surface area contributed by atoms with Crippen LogP contribution in [0.1, 0.15) is 5.56 Å². The molecule has 1 aliphatic heterocycles. The summed E-state index contributed by atoms with van der Waals surface area (Å²) < 4.78 is 0. The number of nitrogens with two attached hydrogens (primary N) is 1. The zero-order chi connectivity index (χ0) is 9.97. The first-order chi connectivity index (χ1) is 6.75. The van der Waals surface area contributed by atoms with Crippen molar-refractivity contribution in [1.82, 2.24) is 4.90 Å². The van der Waals surface area contributed by atoms with Crippen LogP contribution in [-0.2, 0) is 11.3 Å². The van der Waals surface area contributed by atoms with Gasteiger partial charge in [0.15, 0.2) is 0 Å². The van der Waals surface area contributed by atoms with Crippen LogP contribution in [0.25, 0.3) is 0 Å². The van der Waals surface area contributed by atoms with E-state index in [0.717, 1.165) is 19.6 Å². The van der Waals surface area contributed by atoms with Crippen LogP contribution in [-0.4, -0.2) is 23.9 Å². The van der Waals surface area contributed by atoms with Gasteiger partial charge in [-0.3, -0.25) is 9.69 Å². The van der Waals surface area contributed by atoms with E-state index in [1.165, 1.54) is 5.56 Å². The number of hydrogen-bond acceptors (Lipinski definition) is 2. The van der Waals surface area contributed by atoms with E-state index in [1.54, 1.807) is 0 Å². The number of likely N-dealkylation sites (tertiary alicyclic amines) is 1. The van der Waals surface area contributed by atoms with Crippen molar-refractivity contribution in [3.8, 4) is 0 Å². The summed E-state index contributed by atoms with van der Waals surface area (Å²) in [5, 5.41) is 0. The smallest absolute Gasteiger partial charge is 0.223 e. The van der Waals surface area contributed by atoms with Crippen LogP contribution in [0.15, 0.2) is 30.3 Å². The number of rotatable bonds is 3. The van der Waals surface area contributed by atoms with Crippen molar-refractivity contribution >= 4 is 5.91 Å². The monoisotopic (exact) mass is 190 g/mol. The second-order valence-electron chi connectivity index (χ2n) is 3.78. The van der Waals surface area contributed by atoms with Gasteiger partial charge in [0, 0.05) is 19.6 Å². The molecule has 1 saturated heterocycles. The first-order valence-electron chi connectivity index (χ1n) is 4.81. The number of hydrogen-bond donors (Lipinski definition) is 1. The molecule has 1 heterocycles. The summed E-state index contributed by atoms with van der Waals surface area (Å²) in [6.07, 6.45) is 0. The minimum absolute atomic E-state index is 0.0683. The number of benzene rings is 1. The van der Waals surface area contributed by atoms with Gasteiger partial charge in [-0.1, -0.05) is 30.3 Å². The Kier molecular flexibility index (Phi) is 2.50. The molecule has 0 aliphatic carbocycles. The van der Waals surface area contributed by atoms with Crippen molar-refractivity contribution < 1.29 is 4.79 Å². The van der Waals surface area contributed by atoms with Gasteiger partial charge in [-0.2, -0.15) is 0 Å². The van der Waals surface area contributed by atoms with E-state index in [9.17, 15) is 4.79 Å². The molecule has 14 heavy (non-hydrogen) atoms. The lowest BCUT2D eigenvalue weighted by Gasteiger charge is -2.37. The Labute approximate surface area is 83.5 Å². The highest BCUT2D eigenvalue weighted by Crippen LogP contribution is 2.17. The fraction of sp³-hybridized carbons (Fsp3) is 0.364. The molecule has 0 saturated carbocycles. The number of primary amides is 1. The third kappa shape index (κ3) is 1.93. The molecule has 1 aromatic rings. The van der Waals surface area contributed by atoms with Crippen molar-refractivity contribution in [2.75, 3.05) is 13.1 Å². The molecule has 1 fully saturated rings. The van der Waals surface area contributed by atoms with Gasteiger partial charge in [0.1, 0.15) is 0 Å². The Hall–Kier alpha value is -1.35. The van der Waals surface area contributed by atoms with Crippen molar-refractivity contribution in [3.63, 3.8) is 0 Å². The average Bonchev–Trinajstić information content (AvgIpc) is 2.12. The zero-order valence-electron chi connectivity index (χ0n) is 8.02. The summed E-state index contributed by atoms with van der Waals surface area (Å²) in [5.41, 5.74) is 6.48. The van der Waals surface area contributed by atoms with Crippen LogP contribution in [0.2, 0.25) is 0 Å². The van der Waals surface area contributed by atoms with E-state index in [0.29, 0.717) is 0 Å². The van der Waals surface area contributed by atoms with Crippen LogP contribution >= 0.6 is 0 Å². The number of carbonyl (C=O) groups excluding carboxylic acids is 1. The molecule has 0 spiro atoms. The second-order valence-corrected chi connectivity index (χ2v) is 3.78. The fourth-order valence-corrected chi connectivity index (χ4v) is 1.72. The lowest BCUT2D eigenvalue weighted by atomic mass is 9.99. The van der Waals surface area contributed by atoms with Gasteiger partial charge in [0.2, 0.25) is 5.91 Å². The van der Waals surface area contributed by atoms with E-state index in [4.69, 9.17) is 5.73 Å². The Bertz CT molecular complexity index is 317. The Morgan fingerprint density at radius 3 is 2.57 bits per heavy atom. The summed E-state index contributed by atoms with van der Waals surface area (Å²) in [7, 11) is 0. The summed E-state index contributed by atoms with van der Waals surface area (Å²) in [4.78, 5) is 13.0. The number of carbonyl (C=O) groups is 1. The van der Waals surface area contributed by atoms with E-state index < -0.39 is 0 Å². The lowest BCUT2D eigenvalue weighted by Crippen LogP contribution is -2.51. The molecule has 3 heteroatoms. The van der Waals surface area contributed by atoms with Gasteiger partial charge >= 0.3 is 0 Å². The molecule has 1 aromatic carbocycles. The van der Waals surface area contributed by atoms with Gasteiger partial charge in [0.25, 0.3) is 0 Å². The normalized spacial score (nSPS) is 17.7. The van der Waals surface area contributed by atoms with Gasteiger partial charge in [-0.05, 0) is 5.56 Å². The molecule has 0 unspecified atom stereocenters. The molecule has 1 amide bonds. The molecule has 2 rings (SSSR count). The third-order valence-electron chi connectivity index (χ3n) is 2.61. The molecule has 0 aromatic heterocycles. The molecule has 3 nitrogen and oxygen atoms in total. The van der Waals surface area contributed by atoms with E-state index >= 15 is 0 Å². The predicted molar refractivity (Wildman–Crippen MR) is 54.4 cm³/mol. The van der Waals surface area contributed by atoms with Crippen LogP contribution < -0.4 is 5.73 Å². The SMILES string of the molecule is NC(=O)C1CN(Cc2ccccc2)C1. The van der Waals surface area contributed by atoms with Gasteiger partial charge in [-0.15, -0.1) is 0 Å². The zero-order valence-corrected chi connectivity index (χ0v) is 8.02. The topological polar surface area (TPSA) is 46.3 Å². The molecular formula is C11H14N2O. The molecule has 74 valence electrons. The summed E-state index contributed by atoms with van der Waals surface area (Å²) in [5.74, 6) is -0.104. The van der Waals surface area contributed by atoms with Crippen molar-refractivity contribution in [3.05, 3.63) is 35.9 Å². The Balaban J connectivity index is 1.82. The van der Waals surface area contributed by atoms with E-state index in [2.05, 4.69) is 17.0 Å². The summed E-state index contributed by atoms with van der Waals surface area (Å²) in [6.45, 7) is 2.54. The van der Waals surface area contributed by atoms with Crippen LogP contribution in [0.5, 0.6) is 0 Å². The fourth-order valence-electron chi connectivity index (χ4n) is 1.72. The molecule has 0 atom stereocenters. The van der Waals surface area contributed by atoms with Crippen LogP contribution in [0.3, 0.4) is 0 Å². The van der Waals surface area contributed by atoms with Gasteiger partial charge in [0.05, 0.1) is 5.92 Å². The highest BCUT2D eigenvalue weighted by Gasteiger charge is 2.30. The van der Waals surface area contributed by atoms with Crippen LogP contribution in [0, 0.1) is 5.92 Å². The highest BCUT2D eigenvalue weighted by atomic mass is 16.1. The molecule has 1 aliphatic rings. The summed E-state index contributed by atoms with van der Waals surface area (Å²) >= 11 is 0. The standard InChI is InChI=1S/C11H14N2O/c12-11(14)10-7-13(8-10)6-9-4-2-1-3-5-9/h1-5,10H,6-8H2,(H2,12,14). The Morgan fingerprint density at radius 1 is 1.36 bits per heavy atom. The van der Waals surface area contributed by atoms with Crippen molar-refractivity contribution in [2.45, 2.75) is 6.54 Å². The number of nitrogens with zero attached hydrogens (tertiary/aromatic N) is 1. The molecule has 0 bridgehead atoms. The van der Waals surface area contributed by atoms with Gasteiger partial charge in [-0.25, -0.2) is 0 Å². The molecule has 0 radical (unpaired) electrons. The average molecular weight is 190 g/mol. The largest absolute Gasteiger partial charge is 0.369 e. The van der Waals surface area contributed by atoms with Gasteiger partial charge < -0.3 is 5.73 Å². The lowest BCUT2D eigenvalue weighted by molar-refractivity contribution is -0.127. The summed E-state index contributed by atoms with van der Waals surface area (Å²) in [6, 6.07) is 10.3. The first-order valence-corrected chi connectivity index (χ1v) is 4.81. The van der Waals surface area contributed by atoms with Crippen molar-refractivity contribution in [2.24, 2.45) is 11.7 Å². The minimum atomic E-state index is -0.172. The maximum atomic E-state index is 10.8. The third-order valence-corrected chi connectivity index (χ3v) is 2.61.